The first-order valence-electron chi connectivity index (χ1n) is 7.34. The van der Waals surface area contributed by atoms with Crippen molar-refractivity contribution in [3.05, 3.63) is 34.5 Å². The molecule has 2 N–H and O–H groups in total. The van der Waals surface area contributed by atoms with Crippen LogP contribution in [-0.4, -0.2) is 4.98 Å². The van der Waals surface area contributed by atoms with Crippen molar-refractivity contribution in [2.24, 2.45) is 0 Å². The Labute approximate surface area is 131 Å². The van der Waals surface area contributed by atoms with Gasteiger partial charge in [0.15, 0.2) is 0 Å². The van der Waals surface area contributed by atoms with Gasteiger partial charge in [-0.25, -0.2) is 4.98 Å². The van der Waals surface area contributed by atoms with Gasteiger partial charge in [-0.3, -0.25) is 0 Å². The predicted octanol–water partition coefficient (Wildman–Crippen LogP) is 5.54. The smallest absolute Gasteiger partial charge is 0.398 e. The molecule has 1 aromatic heterocycles. The molecule has 6 heteroatoms. The number of nitrogens with two attached hydrogens (primary N) is 1. The zero-order valence-electron chi connectivity index (χ0n) is 11.9. The molecule has 0 aliphatic heterocycles. The lowest BCUT2D eigenvalue weighted by Crippen LogP contribution is -2.11. The Morgan fingerprint density at radius 3 is 2.45 bits per heavy atom. The van der Waals surface area contributed by atoms with Gasteiger partial charge >= 0.3 is 6.18 Å². The average Bonchev–Trinajstić information content (AvgIpc) is 2.47. The second kappa shape index (κ2) is 5.61. The fourth-order valence-corrected chi connectivity index (χ4v) is 3.61. The molecule has 1 aliphatic rings. The van der Waals surface area contributed by atoms with Crippen LogP contribution in [0, 0.1) is 0 Å². The maximum absolute atomic E-state index is 12.9. The van der Waals surface area contributed by atoms with E-state index >= 15 is 0 Å². The molecule has 0 bridgehead atoms. The molecule has 1 aromatic carbocycles. The molecule has 0 spiro atoms. The van der Waals surface area contributed by atoms with Gasteiger partial charge in [-0.2, -0.15) is 13.2 Å². The monoisotopic (exact) mass is 328 g/mol. The number of fused-ring (bicyclic) bond motifs is 1. The zero-order valence-corrected chi connectivity index (χ0v) is 12.6. The highest BCUT2D eigenvalue weighted by molar-refractivity contribution is 6.32. The van der Waals surface area contributed by atoms with E-state index in [1.807, 2.05) is 0 Å². The van der Waals surface area contributed by atoms with E-state index in [2.05, 4.69) is 4.98 Å². The Morgan fingerprint density at radius 1 is 1.14 bits per heavy atom. The van der Waals surface area contributed by atoms with Gasteiger partial charge in [-0.1, -0.05) is 30.9 Å². The van der Waals surface area contributed by atoms with Gasteiger partial charge in [-0.05, 0) is 42.5 Å². The number of aromatic nitrogens is 1. The standard InChI is InChI=1S/C16H16ClF3N2/c17-10-6-7-12-15(14(10)9-4-2-1-3-5-9)11(21)8-13(22-12)16(18,19)20/h6-9H,1-5H2,(H2,21,22). The second-order valence-electron chi connectivity index (χ2n) is 5.78. The zero-order chi connectivity index (χ0) is 15.9. The SMILES string of the molecule is Nc1cc(C(F)(F)F)nc2ccc(Cl)c(C3CCCCC3)c12. The third-order valence-corrected chi connectivity index (χ3v) is 4.63. The van der Waals surface area contributed by atoms with Gasteiger partial charge in [-0.15, -0.1) is 0 Å². The first-order valence-corrected chi connectivity index (χ1v) is 7.71. The normalized spacial score (nSPS) is 17.1. The molecule has 3 rings (SSSR count). The average molecular weight is 329 g/mol. The van der Waals surface area contributed by atoms with Crippen LogP contribution in [0.15, 0.2) is 18.2 Å². The number of alkyl halides is 3. The van der Waals surface area contributed by atoms with Crippen molar-refractivity contribution in [3.63, 3.8) is 0 Å². The van der Waals surface area contributed by atoms with Crippen LogP contribution in [0.25, 0.3) is 10.9 Å². The summed E-state index contributed by atoms with van der Waals surface area (Å²) in [5.74, 6) is 0.241. The van der Waals surface area contributed by atoms with E-state index in [9.17, 15) is 13.2 Å². The Hall–Kier alpha value is -1.49. The van der Waals surface area contributed by atoms with Crippen LogP contribution in [0.2, 0.25) is 5.02 Å². The number of nitrogens with zero attached hydrogens (tertiary/aromatic N) is 1. The highest BCUT2D eigenvalue weighted by atomic mass is 35.5. The summed E-state index contributed by atoms with van der Waals surface area (Å²) >= 11 is 6.33. The molecular weight excluding hydrogens is 313 g/mol. The number of rotatable bonds is 1. The quantitative estimate of drug-likeness (QED) is 0.746. The van der Waals surface area contributed by atoms with Crippen molar-refractivity contribution in [2.75, 3.05) is 5.73 Å². The van der Waals surface area contributed by atoms with E-state index in [0.717, 1.165) is 37.3 Å². The van der Waals surface area contributed by atoms with E-state index < -0.39 is 11.9 Å². The van der Waals surface area contributed by atoms with Crippen LogP contribution in [0.5, 0.6) is 0 Å². The van der Waals surface area contributed by atoms with Crippen molar-refractivity contribution in [2.45, 2.75) is 44.2 Å². The number of hydrogen-bond acceptors (Lipinski definition) is 2. The van der Waals surface area contributed by atoms with Gasteiger partial charge < -0.3 is 5.73 Å². The van der Waals surface area contributed by atoms with Gasteiger partial charge in [0.25, 0.3) is 0 Å². The fourth-order valence-electron chi connectivity index (χ4n) is 3.30. The summed E-state index contributed by atoms with van der Waals surface area (Å²) < 4.78 is 38.7. The third kappa shape index (κ3) is 2.74. The van der Waals surface area contributed by atoms with Crippen LogP contribution >= 0.6 is 11.6 Å². The van der Waals surface area contributed by atoms with Crippen molar-refractivity contribution < 1.29 is 13.2 Å². The van der Waals surface area contributed by atoms with Crippen molar-refractivity contribution in [1.29, 1.82) is 0 Å². The molecule has 1 heterocycles. The van der Waals surface area contributed by atoms with Crippen LogP contribution in [0.1, 0.15) is 49.3 Å². The Kier molecular flexibility index (Phi) is 3.93. The number of pyridine rings is 1. The summed E-state index contributed by atoms with van der Waals surface area (Å²) in [7, 11) is 0. The Balaban J connectivity index is 2.21. The third-order valence-electron chi connectivity index (χ3n) is 4.30. The summed E-state index contributed by atoms with van der Waals surface area (Å²) in [5, 5.41) is 1.14. The van der Waals surface area contributed by atoms with E-state index in [-0.39, 0.29) is 17.1 Å². The Bertz CT molecular complexity index is 707. The van der Waals surface area contributed by atoms with E-state index in [1.165, 1.54) is 12.5 Å². The largest absolute Gasteiger partial charge is 0.433 e. The number of benzene rings is 1. The number of anilines is 1. The molecule has 2 aromatic rings. The lowest BCUT2D eigenvalue weighted by atomic mass is 9.82. The molecule has 1 aliphatic carbocycles. The predicted molar refractivity (Wildman–Crippen MR) is 82.0 cm³/mol. The first-order chi connectivity index (χ1) is 10.4. The van der Waals surface area contributed by atoms with E-state index in [4.69, 9.17) is 17.3 Å². The highest BCUT2D eigenvalue weighted by Crippen LogP contribution is 2.42. The molecule has 1 saturated carbocycles. The van der Waals surface area contributed by atoms with Gasteiger partial charge in [0.2, 0.25) is 0 Å². The summed E-state index contributed by atoms with van der Waals surface area (Å²) in [4.78, 5) is 3.74. The van der Waals surface area contributed by atoms with Crippen LogP contribution in [0.4, 0.5) is 18.9 Å². The maximum atomic E-state index is 12.9. The second-order valence-corrected chi connectivity index (χ2v) is 6.19. The molecule has 22 heavy (non-hydrogen) atoms. The highest BCUT2D eigenvalue weighted by Gasteiger charge is 2.34. The van der Waals surface area contributed by atoms with Gasteiger partial charge in [0, 0.05) is 16.1 Å². The molecule has 0 radical (unpaired) electrons. The number of hydrogen-bond donors (Lipinski definition) is 1. The number of nitrogen functional groups attached to an aromatic ring is 1. The maximum Gasteiger partial charge on any atom is 0.433 e. The van der Waals surface area contributed by atoms with Crippen LogP contribution in [-0.2, 0) is 6.18 Å². The van der Waals surface area contributed by atoms with Crippen molar-refractivity contribution in [3.8, 4) is 0 Å². The van der Waals surface area contributed by atoms with Crippen LogP contribution < -0.4 is 5.73 Å². The first kappa shape index (κ1) is 15.4. The molecule has 1 fully saturated rings. The van der Waals surface area contributed by atoms with Gasteiger partial charge in [0.1, 0.15) is 5.69 Å². The summed E-state index contributed by atoms with van der Waals surface area (Å²) in [6.07, 6.45) is 0.854. The minimum atomic E-state index is -4.51. The summed E-state index contributed by atoms with van der Waals surface area (Å²) in [5.41, 5.74) is 6.19. The lowest BCUT2D eigenvalue weighted by molar-refractivity contribution is -0.140. The van der Waals surface area contributed by atoms with Crippen LogP contribution in [0.3, 0.4) is 0 Å². The minimum Gasteiger partial charge on any atom is -0.398 e. The van der Waals surface area contributed by atoms with E-state index in [1.54, 1.807) is 6.07 Å². The van der Waals surface area contributed by atoms with Crippen molar-refractivity contribution >= 4 is 28.2 Å². The molecule has 0 amide bonds. The Morgan fingerprint density at radius 2 is 1.82 bits per heavy atom. The van der Waals surface area contributed by atoms with Crippen molar-refractivity contribution in [1.82, 2.24) is 4.98 Å². The number of halogens is 4. The molecule has 0 saturated heterocycles. The molecule has 0 unspecified atom stereocenters. The molecular formula is C16H16ClF3N2. The summed E-state index contributed by atoms with van der Waals surface area (Å²) in [6.45, 7) is 0. The molecule has 118 valence electrons. The topological polar surface area (TPSA) is 38.9 Å². The lowest BCUT2D eigenvalue weighted by Gasteiger charge is -2.25. The fraction of sp³-hybridized carbons (Fsp3) is 0.438. The van der Waals surface area contributed by atoms with E-state index in [0.29, 0.717) is 10.4 Å². The summed E-state index contributed by atoms with van der Waals surface area (Å²) in [6, 6.07) is 4.04. The van der Waals surface area contributed by atoms with Gasteiger partial charge in [0.05, 0.1) is 5.52 Å². The molecule has 2 nitrogen and oxygen atoms in total. The minimum absolute atomic E-state index is 0.0976. The molecule has 0 atom stereocenters.